The maximum atomic E-state index is 12.5. The summed E-state index contributed by atoms with van der Waals surface area (Å²) in [5.41, 5.74) is 0. The molecule has 0 bridgehead atoms. The van der Waals surface area contributed by atoms with Gasteiger partial charge in [-0.05, 0) is 26.7 Å². The minimum absolute atomic E-state index is 0.0505. The van der Waals surface area contributed by atoms with Crippen LogP contribution < -0.4 is 0 Å². The van der Waals surface area contributed by atoms with Gasteiger partial charge in [-0.2, -0.15) is 0 Å². The molecule has 0 aromatic heterocycles. The Morgan fingerprint density at radius 1 is 1.10 bits per heavy atom. The maximum Gasteiger partial charge on any atom is 0.225 e. The highest BCUT2D eigenvalue weighted by molar-refractivity contribution is 7.88. The van der Waals surface area contributed by atoms with E-state index in [1.54, 1.807) is 0 Å². The van der Waals surface area contributed by atoms with E-state index >= 15 is 0 Å². The normalized spacial score (nSPS) is 30.4. The van der Waals surface area contributed by atoms with Crippen LogP contribution in [0.25, 0.3) is 0 Å². The zero-order valence-corrected chi connectivity index (χ0v) is 13.2. The number of nitrogens with zero attached hydrogens (tertiary/aromatic N) is 2. The minimum atomic E-state index is -3.13. The quantitative estimate of drug-likeness (QED) is 0.735. The molecule has 0 aliphatic carbocycles. The number of ether oxygens (including phenoxy) is 1. The van der Waals surface area contributed by atoms with Crippen molar-refractivity contribution >= 4 is 15.9 Å². The van der Waals surface area contributed by atoms with Crippen LogP contribution in [-0.2, 0) is 19.6 Å². The molecule has 6 nitrogen and oxygen atoms in total. The number of sulfonamides is 1. The van der Waals surface area contributed by atoms with Gasteiger partial charge in [0.25, 0.3) is 0 Å². The van der Waals surface area contributed by atoms with Gasteiger partial charge in [-0.15, -0.1) is 0 Å². The number of morpholine rings is 1. The summed E-state index contributed by atoms with van der Waals surface area (Å²) < 4.78 is 30.0. The van der Waals surface area contributed by atoms with Crippen LogP contribution in [0.5, 0.6) is 0 Å². The number of piperidine rings is 1. The number of rotatable bonds is 2. The topological polar surface area (TPSA) is 66.9 Å². The molecular formula is C13H24N2O4S. The minimum Gasteiger partial charge on any atom is -0.372 e. The number of carbonyl (C=O) groups excluding carboxylic acids is 1. The van der Waals surface area contributed by atoms with E-state index < -0.39 is 10.0 Å². The average Bonchev–Trinajstić information content (AvgIpc) is 2.36. The summed E-state index contributed by atoms with van der Waals surface area (Å²) in [5.74, 6) is 0.102. The molecule has 1 amide bonds. The van der Waals surface area contributed by atoms with Crippen LogP contribution in [0.2, 0.25) is 0 Å². The van der Waals surface area contributed by atoms with Gasteiger partial charge in [0.05, 0.1) is 18.5 Å². The molecule has 0 radical (unpaired) electrons. The van der Waals surface area contributed by atoms with Gasteiger partial charge in [-0.3, -0.25) is 4.79 Å². The first-order valence-corrected chi connectivity index (χ1v) is 9.01. The van der Waals surface area contributed by atoms with Crippen molar-refractivity contribution in [2.24, 2.45) is 5.92 Å². The first-order chi connectivity index (χ1) is 9.27. The van der Waals surface area contributed by atoms with E-state index in [1.807, 2.05) is 18.7 Å². The van der Waals surface area contributed by atoms with E-state index in [2.05, 4.69) is 0 Å². The highest BCUT2D eigenvalue weighted by Crippen LogP contribution is 2.23. The van der Waals surface area contributed by atoms with Crippen LogP contribution in [0, 0.1) is 5.92 Å². The fraction of sp³-hybridized carbons (Fsp3) is 0.923. The Morgan fingerprint density at radius 2 is 1.60 bits per heavy atom. The standard InChI is InChI=1S/C13H24N2O4S/c1-10-8-14(9-11(2)19-10)13(16)12-4-6-15(7-5-12)20(3,17)18/h10-12H,4-9H2,1-3H3. The van der Waals surface area contributed by atoms with E-state index in [4.69, 9.17) is 4.74 Å². The molecule has 20 heavy (non-hydrogen) atoms. The molecule has 0 aromatic carbocycles. The number of amides is 1. The van der Waals surface area contributed by atoms with Crippen molar-refractivity contribution in [3.8, 4) is 0 Å². The largest absolute Gasteiger partial charge is 0.372 e. The van der Waals surface area contributed by atoms with Gasteiger partial charge in [0.2, 0.25) is 15.9 Å². The van der Waals surface area contributed by atoms with Crippen LogP contribution in [0.1, 0.15) is 26.7 Å². The van der Waals surface area contributed by atoms with Crippen LogP contribution in [0.4, 0.5) is 0 Å². The Bertz CT molecular complexity index is 447. The van der Waals surface area contributed by atoms with Crippen molar-refractivity contribution in [1.82, 2.24) is 9.21 Å². The second kappa shape index (κ2) is 5.99. The van der Waals surface area contributed by atoms with E-state index in [0.29, 0.717) is 39.0 Å². The molecule has 2 unspecified atom stereocenters. The van der Waals surface area contributed by atoms with Crippen LogP contribution >= 0.6 is 0 Å². The van der Waals surface area contributed by atoms with Gasteiger partial charge in [0.15, 0.2) is 0 Å². The summed E-state index contributed by atoms with van der Waals surface area (Å²) in [5, 5.41) is 0. The van der Waals surface area contributed by atoms with E-state index in [0.717, 1.165) is 0 Å². The third-order valence-electron chi connectivity index (χ3n) is 4.00. The molecule has 2 fully saturated rings. The summed E-state index contributed by atoms with van der Waals surface area (Å²) in [7, 11) is -3.13. The first kappa shape index (κ1) is 15.7. The predicted octanol–water partition coefficient (Wildman–Crippen LogP) is 0.294. The molecule has 0 N–H and O–H groups in total. The molecule has 0 saturated carbocycles. The molecule has 2 saturated heterocycles. The molecule has 2 atom stereocenters. The van der Waals surface area contributed by atoms with Gasteiger partial charge in [0, 0.05) is 32.1 Å². The van der Waals surface area contributed by atoms with E-state index in [9.17, 15) is 13.2 Å². The Labute approximate surface area is 121 Å². The van der Waals surface area contributed by atoms with Gasteiger partial charge < -0.3 is 9.64 Å². The molecular weight excluding hydrogens is 280 g/mol. The Morgan fingerprint density at radius 3 is 2.05 bits per heavy atom. The van der Waals surface area contributed by atoms with E-state index in [1.165, 1.54) is 10.6 Å². The first-order valence-electron chi connectivity index (χ1n) is 7.16. The van der Waals surface area contributed by atoms with Crippen molar-refractivity contribution in [2.45, 2.75) is 38.9 Å². The van der Waals surface area contributed by atoms with Crippen molar-refractivity contribution in [1.29, 1.82) is 0 Å². The van der Waals surface area contributed by atoms with Crippen molar-refractivity contribution < 1.29 is 17.9 Å². The van der Waals surface area contributed by atoms with Crippen molar-refractivity contribution in [3.05, 3.63) is 0 Å². The fourth-order valence-electron chi connectivity index (χ4n) is 3.05. The van der Waals surface area contributed by atoms with Crippen molar-refractivity contribution in [3.63, 3.8) is 0 Å². The second-order valence-electron chi connectivity index (χ2n) is 5.94. The van der Waals surface area contributed by atoms with Gasteiger partial charge in [-0.1, -0.05) is 0 Å². The summed E-state index contributed by atoms with van der Waals surface area (Å²) in [4.78, 5) is 14.4. The zero-order chi connectivity index (χ0) is 14.9. The molecule has 2 heterocycles. The smallest absolute Gasteiger partial charge is 0.225 e. The monoisotopic (exact) mass is 304 g/mol. The van der Waals surface area contributed by atoms with Crippen LogP contribution in [0.15, 0.2) is 0 Å². The van der Waals surface area contributed by atoms with Gasteiger partial charge in [-0.25, -0.2) is 12.7 Å². The van der Waals surface area contributed by atoms with Crippen molar-refractivity contribution in [2.75, 3.05) is 32.4 Å². The summed E-state index contributed by atoms with van der Waals surface area (Å²) >= 11 is 0. The van der Waals surface area contributed by atoms with Crippen LogP contribution in [-0.4, -0.2) is 68.2 Å². The molecule has 2 rings (SSSR count). The summed E-state index contributed by atoms with van der Waals surface area (Å²) in [6, 6.07) is 0. The molecule has 0 aromatic rings. The average molecular weight is 304 g/mol. The SMILES string of the molecule is CC1CN(C(=O)C2CCN(S(C)(=O)=O)CC2)CC(C)O1. The van der Waals surface area contributed by atoms with Gasteiger partial charge >= 0.3 is 0 Å². The zero-order valence-electron chi connectivity index (χ0n) is 12.4. The maximum absolute atomic E-state index is 12.5. The number of hydrogen-bond donors (Lipinski definition) is 0. The summed E-state index contributed by atoms with van der Waals surface area (Å²) in [6.45, 7) is 6.12. The Kier molecular flexibility index (Phi) is 4.71. The third-order valence-corrected chi connectivity index (χ3v) is 5.31. The highest BCUT2D eigenvalue weighted by Gasteiger charge is 2.34. The Balaban J connectivity index is 1.92. The second-order valence-corrected chi connectivity index (χ2v) is 7.92. The number of carbonyl (C=O) groups is 1. The molecule has 116 valence electrons. The van der Waals surface area contributed by atoms with E-state index in [-0.39, 0.29) is 24.0 Å². The lowest BCUT2D eigenvalue weighted by Crippen LogP contribution is -2.51. The molecule has 7 heteroatoms. The van der Waals surface area contributed by atoms with Crippen LogP contribution in [0.3, 0.4) is 0 Å². The Hall–Kier alpha value is -0.660. The molecule has 2 aliphatic heterocycles. The lowest BCUT2D eigenvalue weighted by molar-refractivity contribution is -0.148. The predicted molar refractivity (Wildman–Crippen MR) is 75.7 cm³/mol. The lowest BCUT2D eigenvalue weighted by atomic mass is 9.96. The molecule has 2 aliphatic rings. The third kappa shape index (κ3) is 3.71. The lowest BCUT2D eigenvalue weighted by Gasteiger charge is -2.38. The summed E-state index contributed by atoms with van der Waals surface area (Å²) in [6.07, 6.45) is 2.59. The molecule has 0 spiro atoms. The number of hydrogen-bond acceptors (Lipinski definition) is 4. The fourth-order valence-corrected chi connectivity index (χ4v) is 3.92. The highest BCUT2D eigenvalue weighted by atomic mass is 32.2. The van der Waals surface area contributed by atoms with Gasteiger partial charge in [0.1, 0.15) is 0 Å².